The van der Waals surface area contributed by atoms with Gasteiger partial charge in [-0.3, -0.25) is 9.78 Å². The SMILES string of the molecule is O=C(N[C@@H](c1cncc(Br)c1)C1CC1)c1ccsc1. The number of nitrogens with one attached hydrogen (secondary N) is 1. The number of nitrogens with zero attached hydrogens (tertiary/aromatic N) is 1. The maximum Gasteiger partial charge on any atom is 0.252 e. The standard InChI is InChI=1S/C14H13BrN2OS/c15-12-5-11(6-16-7-12)13(9-1-2-9)17-14(18)10-3-4-19-8-10/h3-9,13H,1-2H2,(H,17,18)/t13-/m1/s1. The molecule has 2 heterocycles. The second kappa shape index (κ2) is 5.43. The summed E-state index contributed by atoms with van der Waals surface area (Å²) < 4.78 is 0.945. The van der Waals surface area contributed by atoms with E-state index in [0.717, 1.165) is 15.6 Å². The predicted octanol–water partition coefficient (Wildman–Crippen LogP) is 3.79. The van der Waals surface area contributed by atoms with Gasteiger partial charge in [-0.25, -0.2) is 0 Å². The molecule has 0 bridgehead atoms. The molecule has 1 atom stereocenters. The van der Waals surface area contributed by atoms with Gasteiger partial charge >= 0.3 is 0 Å². The Morgan fingerprint density at radius 1 is 1.47 bits per heavy atom. The highest BCUT2D eigenvalue weighted by Crippen LogP contribution is 2.41. The highest BCUT2D eigenvalue weighted by Gasteiger charge is 2.33. The van der Waals surface area contributed by atoms with Crippen molar-refractivity contribution >= 4 is 33.2 Å². The zero-order chi connectivity index (χ0) is 13.2. The van der Waals surface area contributed by atoms with Crippen molar-refractivity contribution < 1.29 is 4.79 Å². The van der Waals surface area contributed by atoms with Gasteiger partial charge in [0.1, 0.15) is 0 Å². The molecule has 3 rings (SSSR count). The fourth-order valence-corrected chi connectivity index (χ4v) is 3.14. The van der Waals surface area contributed by atoms with Gasteiger partial charge in [-0.2, -0.15) is 11.3 Å². The fourth-order valence-electron chi connectivity index (χ4n) is 2.12. The molecular weight excluding hydrogens is 324 g/mol. The molecule has 1 amide bonds. The summed E-state index contributed by atoms with van der Waals surface area (Å²) in [6.07, 6.45) is 5.93. The molecule has 0 aromatic carbocycles. The van der Waals surface area contributed by atoms with Crippen LogP contribution < -0.4 is 5.32 Å². The number of pyridine rings is 1. The second-order valence-corrected chi connectivity index (χ2v) is 6.43. The third-order valence-corrected chi connectivity index (χ3v) is 4.37. The first-order chi connectivity index (χ1) is 9.24. The van der Waals surface area contributed by atoms with Gasteiger partial charge in [0.15, 0.2) is 0 Å². The van der Waals surface area contributed by atoms with Crippen molar-refractivity contribution in [2.24, 2.45) is 5.92 Å². The Labute approximate surface area is 124 Å². The molecule has 5 heteroatoms. The first kappa shape index (κ1) is 12.8. The predicted molar refractivity (Wildman–Crippen MR) is 79.2 cm³/mol. The van der Waals surface area contributed by atoms with Crippen LogP contribution in [0, 0.1) is 5.92 Å². The molecule has 3 nitrogen and oxygen atoms in total. The van der Waals surface area contributed by atoms with E-state index < -0.39 is 0 Å². The van der Waals surface area contributed by atoms with Gasteiger partial charge in [-0.15, -0.1) is 0 Å². The summed E-state index contributed by atoms with van der Waals surface area (Å²) >= 11 is 4.97. The molecule has 1 aliphatic rings. The minimum absolute atomic E-state index is 0.00174. The first-order valence-corrected chi connectivity index (χ1v) is 7.91. The Morgan fingerprint density at radius 3 is 2.95 bits per heavy atom. The summed E-state index contributed by atoms with van der Waals surface area (Å²) in [5.74, 6) is 0.539. The molecule has 0 spiro atoms. The van der Waals surface area contributed by atoms with Crippen molar-refractivity contribution in [3.63, 3.8) is 0 Å². The number of thiophene rings is 1. The van der Waals surface area contributed by atoms with Crippen molar-refractivity contribution in [1.29, 1.82) is 0 Å². The molecule has 98 valence electrons. The molecule has 0 saturated heterocycles. The summed E-state index contributed by atoms with van der Waals surface area (Å²) in [6, 6.07) is 3.95. The molecule has 1 aliphatic carbocycles. The van der Waals surface area contributed by atoms with Gasteiger partial charge in [0.05, 0.1) is 11.6 Å². The third-order valence-electron chi connectivity index (χ3n) is 3.25. The lowest BCUT2D eigenvalue weighted by atomic mass is 10.0. The largest absolute Gasteiger partial charge is 0.345 e. The van der Waals surface area contributed by atoms with E-state index in [1.54, 1.807) is 6.20 Å². The number of hydrogen-bond acceptors (Lipinski definition) is 3. The molecule has 0 aliphatic heterocycles. The van der Waals surface area contributed by atoms with Gasteiger partial charge in [0.25, 0.3) is 5.91 Å². The Hall–Kier alpha value is -1.20. The summed E-state index contributed by atoms with van der Waals surface area (Å²) in [5.41, 5.74) is 1.80. The van der Waals surface area contributed by atoms with Gasteiger partial charge in [0, 0.05) is 22.2 Å². The lowest BCUT2D eigenvalue weighted by Gasteiger charge is -2.18. The van der Waals surface area contributed by atoms with Crippen LogP contribution in [0.2, 0.25) is 0 Å². The normalized spacial score (nSPS) is 16.1. The molecule has 1 saturated carbocycles. The van der Waals surface area contributed by atoms with Crippen LogP contribution in [-0.4, -0.2) is 10.9 Å². The van der Waals surface area contributed by atoms with E-state index in [0.29, 0.717) is 5.92 Å². The summed E-state index contributed by atoms with van der Waals surface area (Å²) in [6.45, 7) is 0. The summed E-state index contributed by atoms with van der Waals surface area (Å²) in [4.78, 5) is 16.4. The molecule has 0 unspecified atom stereocenters. The molecular formula is C14H13BrN2OS. The number of carbonyl (C=O) groups is 1. The quantitative estimate of drug-likeness (QED) is 0.922. The number of aromatic nitrogens is 1. The van der Waals surface area contributed by atoms with Crippen molar-refractivity contribution in [1.82, 2.24) is 10.3 Å². The average Bonchev–Trinajstić information content (AvgIpc) is 3.09. The molecule has 1 fully saturated rings. The molecule has 2 aromatic rings. The zero-order valence-corrected chi connectivity index (χ0v) is 12.6. The lowest BCUT2D eigenvalue weighted by molar-refractivity contribution is 0.0932. The number of hydrogen-bond donors (Lipinski definition) is 1. The molecule has 0 radical (unpaired) electrons. The van der Waals surface area contributed by atoms with Crippen LogP contribution in [0.1, 0.15) is 34.8 Å². The Kier molecular flexibility index (Phi) is 3.66. The van der Waals surface area contributed by atoms with Crippen molar-refractivity contribution in [3.8, 4) is 0 Å². The van der Waals surface area contributed by atoms with Crippen molar-refractivity contribution in [2.45, 2.75) is 18.9 Å². The third kappa shape index (κ3) is 3.04. The van der Waals surface area contributed by atoms with Gasteiger partial charge in [-0.05, 0) is 57.8 Å². The lowest BCUT2D eigenvalue weighted by Crippen LogP contribution is -2.29. The Balaban J connectivity index is 1.80. The molecule has 2 aromatic heterocycles. The minimum atomic E-state index is -0.00174. The smallest absolute Gasteiger partial charge is 0.252 e. The van der Waals surface area contributed by atoms with E-state index in [9.17, 15) is 4.79 Å². The van der Waals surface area contributed by atoms with E-state index in [4.69, 9.17) is 0 Å². The van der Waals surface area contributed by atoms with Crippen LogP contribution in [0.4, 0.5) is 0 Å². The number of carbonyl (C=O) groups excluding carboxylic acids is 1. The van der Waals surface area contributed by atoms with E-state index in [1.165, 1.54) is 24.2 Å². The van der Waals surface area contributed by atoms with Gasteiger partial charge in [0.2, 0.25) is 0 Å². The van der Waals surface area contributed by atoms with Gasteiger partial charge in [-0.1, -0.05) is 0 Å². The maximum absolute atomic E-state index is 12.2. The maximum atomic E-state index is 12.2. The number of amides is 1. The molecule has 1 N–H and O–H groups in total. The molecule has 19 heavy (non-hydrogen) atoms. The van der Waals surface area contributed by atoms with E-state index in [1.807, 2.05) is 29.1 Å². The highest BCUT2D eigenvalue weighted by atomic mass is 79.9. The minimum Gasteiger partial charge on any atom is -0.345 e. The van der Waals surface area contributed by atoms with Crippen LogP contribution in [0.25, 0.3) is 0 Å². The average molecular weight is 337 g/mol. The van der Waals surface area contributed by atoms with Crippen LogP contribution in [0.15, 0.2) is 39.8 Å². The fraction of sp³-hybridized carbons (Fsp3) is 0.286. The van der Waals surface area contributed by atoms with E-state index in [2.05, 4.69) is 26.2 Å². The Morgan fingerprint density at radius 2 is 2.32 bits per heavy atom. The summed E-state index contributed by atoms with van der Waals surface area (Å²) in [5, 5.41) is 6.92. The van der Waals surface area contributed by atoms with Gasteiger partial charge < -0.3 is 5.32 Å². The second-order valence-electron chi connectivity index (χ2n) is 4.74. The number of rotatable bonds is 4. The Bertz CT molecular complexity index is 581. The topological polar surface area (TPSA) is 42.0 Å². The van der Waals surface area contributed by atoms with Crippen LogP contribution >= 0.6 is 27.3 Å². The van der Waals surface area contributed by atoms with E-state index >= 15 is 0 Å². The van der Waals surface area contributed by atoms with Crippen LogP contribution in [-0.2, 0) is 0 Å². The van der Waals surface area contributed by atoms with Crippen LogP contribution in [0.3, 0.4) is 0 Å². The monoisotopic (exact) mass is 336 g/mol. The highest BCUT2D eigenvalue weighted by molar-refractivity contribution is 9.10. The van der Waals surface area contributed by atoms with Crippen molar-refractivity contribution in [2.75, 3.05) is 0 Å². The van der Waals surface area contributed by atoms with Crippen molar-refractivity contribution in [3.05, 3.63) is 50.9 Å². The first-order valence-electron chi connectivity index (χ1n) is 6.17. The van der Waals surface area contributed by atoms with Crippen LogP contribution in [0.5, 0.6) is 0 Å². The zero-order valence-electron chi connectivity index (χ0n) is 10.2. The van der Waals surface area contributed by atoms with E-state index in [-0.39, 0.29) is 11.9 Å². The summed E-state index contributed by atoms with van der Waals surface area (Å²) in [7, 11) is 0. The number of halogens is 1.